The normalized spacial score (nSPS) is 18.3. The molecular formula is C31H28BF7N4O8S. The van der Waals surface area contributed by atoms with E-state index in [4.69, 9.17) is 19.5 Å². The van der Waals surface area contributed by atoms with Gasteiger partial charge in [0.2, 0.25) is 0 Å². The number of ether oxygens (including phenoxy) is 2. The summed E-state index contributed by atoms with van der Waals surface area (Å²) in [7, 11) is -4.65. The Kier molecular flexibility index (Phi) is 11.2. The predicted molar refractivity (Wildman–Crippen MR) is 171 cm³/mol. The second-order valence-electron chi connectivity index (χ2n) is 11.4. The number of carbonyl (C=O) groups is 1. The molecule has 3 N–H and O–H groups in total. The quantitative estimate of drug-likeness (QED) is 0.187. The molecule has 12 nitrogen and oxygen atoms in total. The van der Waals surface area contributed by atoms with E-state index in [0.29, 0.717) is 6.07 Å². The molecule has 3 aromatic carbocycles. The highest BCUT2D eigenvalue weighted by molar-refractivity contribution is 7.90. The molecule has 0 spiro atoms. The van der Waals surface area contributed by atoms with Gasteiger partial charge in [-0.25, -0.2) is 4.39 Å². The third kappa shape index (κ3) is 8.67. The molecule has 0 unspecified atom stereocenters. The second-order valence-corrected chi connectivity index (χ2v) is 13.1. The van der Waals surface area contributed by atoms with E-state index in [2.05, 4.69) is 14.4 Å². The summed E-state index contributed by atoms with van der Waals surface area (Å²) < 4.78 is 136. The van der Waals surface area contributed by atoms with Crippen LogP contribution in [0.5, 0.6) is 5.75 Å². The molecule has 0 radical (unpaired) electrons. The lowest BCUT2D eigenvalue weighted by Gasteiger charge is -2.46. The van der Waals surface area contributed by atoms with Gasteiger partial charge in [-0.1, -0.05) is 41.6 Å². The lowest BCUT2D eigenvalue weighted by molar-refractivity contribution is -0.138. The topological polar surface area (TPSA) is 155 Å². The van der Waals surface area contributed by atoms with Gasteiger partial charge in [0.05, 0.1) is 30.4 Å². The average molecular weight is 760 g/mol. The first kappa shape index (κ1) is 38.5. The fourth-order valence-corrected chi connectivity index (χ4v) is 6.81. The number of methoxy groups -OCH3 is 1. The molecule has 21 heteroatoms. The molecule has 0 bridgehead atoms. The van der Waals surface area contributed by atoms with Gasteiger partial charge in [0.1, 0.15) is 24.3 Å². The number of rotatable bonds is 7. The van der Waals surface area contributed by atoms with E-state index in [0.717, 1.165) is 34.6 Å². The van der Waals surface area contributed by atoms with E-state index in [1.807, 2.05) is 0 Å². The Hall–Kier alpha value is -4.70. The number of halogens is 7. The van der Waals surface area contributed by atoms with Gasteiger partial charge in [-0.15, -0.1) is 0 Å². The number of nitrogens with zero attached hydrogens (tertiary/aromatic N) is 3. The summed E-state index contributed by atoms with van der Waals surface area (Å²) in [4.78, 5) is 14.1. The summed E-state index contributed by atoms with van der Waals surface area (Å²) in [6.07, 6.45) is -8.52. The fourth-order valence-electron chi connectivity index (χ4n) is 5.62. The number of benzene rings is 3. The van der Waals surface area contributed by atoms with Crippen LogP contribution in [-0.2, 0) is 32.1 Å². The van der Waals surface area contributed by atoms with Crippen LogP contribution < -0.4 is 19.8 Å². The smallest absolute Gasteiger partial charge is 0.488 e. The van der Waals surface area contributed by atoms with Crippen LogP contribution in [0.3, 0.4) is 0 Å². The molecule has 0 aliphatic carbocycles. The molecule has 1 aromatic heterocycles. The van der Waals surface area contributed by atoms with Crippen molar-refractivity contribution in [2.24, 2.45) is 0 Å². The highest BCUT2D eigenvalue weighted by atomic mass is 32.2. The van der Waals surface area contributed by atoms with Gasteiger partial charge in [-0.2, -0.15) is 39.1 Å². The van der Waals surface area contributed by atoms with Gasteiger partial charge in [0, 0.05) is 19.2 Å². The van der Waals surface area contributed by atoms with Crippen molar-refractivity contribution in [1.29, 1.82) is 0 Å². The van der Waals surface area contributed by atoms with Crippen molar-refractivity contribution < 1.29 is 68.0 Å². The Balaban J connectivity index is 0.000000340. The van der Waals surface area contributed by atoms with Crippen molar-refractivity contribution in [1.82, 2.24) is 9.46 Å². The van der Waals surface area contributed by atoms with Crippen molar-refractivity contribution in [2.75, 3.05) is 36.4 Å². The number of piperidine rings is 1. The molecule has 2 atom stereocenters. The zero-order valence-corrected chi connectivity index (χ0v) is 27.5. The summed E-state index contributed by atoms with van der Waals surface area (Å²) in [5.74, 6) is -1.54. The zero-order chi connectivity index (χ0) is 38.0. The minimum Gasteiger partial charge on any atom is -0.494 e. The van der Waals surface area contributed by atoms with Crippen molar-refractivity contribution >= 4 is 40.2 Å². The number of nitrogens with one attached hydrogen (secondary N) is 1. The summed E-state index contributed by atoms with van der Waals surface area (Å²) in [6.45, 7) is -0.592. The monoisotopic (exact) mass is 760 g/mol. The molecule has 0 saturated carbocycles. The van der Waals surface area contributed by atoms with E-state index in [1.165, 1.54) is 48.6 Å². The van der Waals surface area contributed by atoms with Gasteiger partial charge in [-0.3, -0.25) is 14.4 Å². The molecule has 2 aliphatic rings. The van der Waals surface area contributed by atoms with Gasteiger partial charge >= 0.3 is 29.7 Å². The molecule has 4 aromatic rings. The van der Waals surface area contributed by atoms with Crippen molar-refractivity contribution in [2.45, 2.75) is 30.9 Å². The van der Waals surface area contributed by atoms with E-state index in [-0.39, 0.29) is 53.4 Å². The van der Waals surface area contributed by atoms with Gasteiger partial charge < -0.3 is 24.0 Å². The summed E-state index contributed by atoms with van der Waals surface area (Å²) in [5, 5.41) is 20.7. The first-order valence-corrected chi connectivity index (χ1v) is 16.5. The number of amides is 1. The molecule has 2 aliphatic heterocycles. The maximum absolute atomic E-state index is 15.6. The van der Waals surface area contributed by atoms with Crippen LogP contribution in [0, 0.1) is 5.82 Å². The number of anilines is 2. The molecule has 278 valence electrons. The van der Waals surface area contributed by atoms with Crippen LogP contribution in [0.15, 0.2) is 77.5 Å². The molecule has 3 heterocycles. The Morgan fingerprint density at radius 1 is 0.962 bits per heavy atom. The summed E-state index contributed by atoms with van der Waals surface area (Å²) in [6, 6.07) is 11.3. The van der Waals surface area contributed by atoms with E-state index in [9.17, 15) is 39.6 Å². The SMILES string of the molecule is COc1cc(-c2cccc(C(F)(F)F)c2)cc(F)c1N1C(=O)CO[C@@H]2CN(S(=O)(=O)Nc3ccon3)CC[C@H]21.OB(O)c1cccc(C(F)(F)F)c1. The second kappa shape index (κ2) is 15.1. The standard InChI is InChI=1S/C24H22F4N4O6S.C7H6BF3O2/c1-36-19-11-15(14-3-2-4-16(9-14)24(26,27)28)10-17(25)23(19)32-18-5-7-31(12-20(18)37-13-22(32)33)39(34,35)30-21-6-8-38-29-21;9-7(10,11)5-2-1-3-6(4-5)8(12)13/h2-4,6,8-11,18,20H,5,7,12-13H2,1H3,(H,29,30);1-4,12-13H/t18-,20-;/m1./s1. The number of fused-ring (bicyclic) bond motifs is 1. The van der Waals surface area contributed by atoms with Gasteiger partial charge in [0.25, 0.3) is 5.91 Å². The van der Waals surface area contributed by atoms with Gasteiger partial charge in [0.15, 0.2) is 11.6 Å². The first-order valence-electron chi connectivity index (χ1n) is 15.1. The minimum absolute atomic E-state index is 0.00819. The number of morpholine rings is 1. The van der Waals surface area contributed by atoms with Crippen LogP contribution in [0.1, 0.15) is 17.5 Å². The average Bonchev–Trinajstić information content (AvgIpc) is 3.60. The third-order valence-corrected chi connectivity index (χ3v) is 9.52. The fraction of sp³-hybridized carbons (Fsp3) is 0.290. The lowest BCUT2D eigenvalue weighted by atomic mass is 9.79. The Labute approximate surface area is 291 Å². The number of aromatic nitrogens is 1. The zero-order valence-electron chi connectivity index (χ0n) is 26.7. The van der Waals surface area contributed by atoms with E-state index in [1.54, 1.807) is 0 Å². The highest BCUT2D eigenvalue weighted by Crippen LogP contribution is 2.41. The summed E-state index contributed by atoms with van der Waals surface area (Å²) >= 11 is 0. The maximum atomic E-state index is 15.6. The van der Waals surface area contributed by atoms with Crippen LogP contribution in [0.25, 0.3) is 11.1 Å². The first-order chi connectivity index (χ1) is 24.4. The number of hydrogen-bond donors (Lipinski definition) is 3. The maximum Gasteiger partial charge on any atom is 0.488 e. The Bertz CT molecular complexity index is 2000. The highest BCUT2D eigenvalue weighted by Gasteiger charge is 2.45. The minimum atomic E-state index is -4.58. The van der Waals surface area contributed by atoms with Crippen LogP contribution in [0.4, 0.5) is 42.2 Å². The van der Waals surface area contributed by atoms with Crippen LogP contribution in [0.2, 0.25) is 0 Å². The van der Waals surface area contributed by atoms with E-state index >= 15 is 4.39 Å². The van der Waals surface area contributed by atoms with Crippen molar-refractivity contribution in [3.63, 3.8) is 0 Å². The largest absolute Gasteiger partial charge is 0.494 e. The molecule has 1 amide bonds. The number of carbonyl (C=O) groups excluding carboxylic acids is 1. The molecule has 52 heavy (non-hydrogen) atoms. The Morgan fingerprint density at radius 3 is 2.25 bits per heavy atom. The van der Waals surface area contributed by atoms with Gasteiger partial charge in [-0.05, 0) is 47.3 Å². The Morgan fingerprint density at radius 2 is 1.63 bits per heavy atom. The molecule has 2 fully saturated rings. The van der Waals surface area contributed by atoms with Crippen molar-refractivity contribution in [3.05, 3.63) is 89.9 Å². The lowest BCUT2D eigenvalue weighted by Crippen LogP contribution is -2.62. The van der Waals surface area contributed by atoms with Crippen LogP contribution in [-0.4, -0.2) is 79.9 Å². The predicted octanol–water partition coefficient (Wildman–Crippen LogP) is 4.06. The van der Waals surface area contributed by atoms with Crippen molar-refractivity contribution in [3.8, 4) is 16.9 Å². The summed E-state index contributed by atoms with van der Waals surface area (Å²) in [5.41, 5.74) is -1.93. The van der Waals surface area contributed by atoms with E-state index < -0.39 is 71.3 Å². The number of hydrogen-bond acceptors (Lipinski definition) is 9. The number of alkyl halides is 6. The molecule has 2 saturated heterocycles. The third-order valence-electron chi connectivity index (χ3n) is 8.04. The molecule has 6 rings (SSSR count). The molecular weight excluding hydrogens is 732 g/mol. The van der Waals surface area contributed by atoms with Crippen LogP contribution >= 0.6 is 0 Å².